The maximum absolute atomic E-state index is 9.06. The summed E-state index contributed by atoms with van der Waals surface area (Å²) in [6.45, 7) is 4.36. The lowest BCUT2D eigenvalue weighted by Crippen LogP contribution is -1.86. The Hall–Kier alpha value is -1.20. The van der Waals surface area contributed by atoms with Gasteiger partial charge in [-0.05, 0) is 30.3 Å². The van der Waals surface area contributed by atoms with Crippen LogP contribution in [0.25, 0.3) is 0 Å². The van der Waals surface area contributed by atoms with Crippen LogP contribution in [-0.4, -0.2) is 20.6 Å². The predicted octanol–water partition coefficient (Wildman–Crippen LogP) is 3.83. The highest BCUT2D eigenvalue weighted by molar-refractivity contribution is 8.00. The van der Waals surface area contributed by atoms with E-state index in [2.05, 4.69) is 48.3 Å². The summed E-state index contributed by atoms with van der Waals surface area (Å²) >= 11 is 3.38. The molecule has 5 heteroatoms. The third kappa shape index (κ3) is 3.92. The molecule has 0 fully saturated rings. The van der Waals surface area contributed by atoms with Gasteiger partial charge < -0.3 is 5.11 Å². The standard InChI is InChI=1S/C13H14N2OS2/c1-9(2)17-10-3-5-11(6-4-10)18-13-8-7-12(16)14-15-13/h3-9H,1-2H3,(H,14,16). The number of benzene rings is 1. The number of hydrogen-bond acceptors (Lipinski definition) is 5. The van der Waals surface area contributed by atoms with E-state index in [9.17, 15) is 0 Å². The van der Waals surface area contributed by atoms with E-state index in [-0.39, 0.29) is 5.88 Å². The molecule has 0 spiro atoms. The van der Waals surface area contributed by atoms with Crippen molar-refractivity contribution < 1.29 is 5.11 Å². The number of rotatable bonds is 4. The fourth-order valence-corrected chi connectivity index (χ4v) is 2.92. The molecule has 1 N–H and O–H groups in total. The fraction of sp³-hybridized carbons (Fsp3) is 0.231. The van der Waals surface area contributed by atoms with Gasteiger partial charge in [0.1, 0.15) is 5.03 Å². The van der Waals surface area contributed by atoms with Gasteiger partial charge in [0.05, 0.1) is 0 Å². The summed E-state index contributed by atoms with van der Waals surface area (Å²) in [5.41, 5.74) is 0. The van der Waals surface area contributed by atoms with Crippen molar-refractivity contribution in [2.75, 3.05) is 0 Å². The molecule has 1 aromatic carbocycles. The highest BCUT2D eigenvalue weighted by Crippen LogP contribution is 2.29. The third-order valence-corrected chi connectivity index (χ3v) is 3.99. The average molecular weight is 278 g/mol. The number of thioether (sulfide) groups is 1. The second kappa shape index (κ2) is 6.11. The zero-order valence-electron chi connectivity index (χ0n) is 10.2. The van der Waals surface area contributed by atoms with Crippen molar-refractivity contribution in [1.29, 1.82) is 0 Å². The first-order chi connectivity index (χ1) is 8.63. The van der Waals surface area contributed by atoms with E-state index in [4.69, 9.17) is 5.11 Å². The number of nitrogens with zero attached hydrogens (tertiary/aromatic N) is 2. The van der Waals surface area contributed by atoms with Crippen LogP contribution in [0.3, 0.4) is 0 Å². The van der Waals surface area contributed by atoms with Crippen LogP contribution in [0.5, 0.6) is 5.88 Å². The van der Waals surface area contributed by atoms with Gasteiger partial charge >= 0.3 is 0 Å². The van der Waals surface area contributed by atoms with Crippen LogP contribution >= 0.6 is 23.5 Å². The largest absolute Gasteiger partial charge is 0.492 e. The summed E-state index contributed by atoms with van der Waals surface area (Å²) in [6.07, 6.45) is 0. The molecule has 0 saturated carbocycles. The highest BCUT2D eigenvalue weighted by Gasteiger charge is 2.02. The highest BCUT2D eigenvalue weighted by atomic mass is 32.2. The Morgan fingerprint density at radius 3 is 2.17 bits per heavy atom. The van der Waals surface area contributed by atoms with Crippen molar-refractivity contribution in [3.8, 4) is 5.88 Å². The smallest absolute Gasteiger partial charge is 0.230 e. The van der Waals surface area contributed by atoms with Crippen LogP contribution in [-0.2, 0) is 0 Å². The van der Waals surface area contributed by atoms with Crippen LogP contribution in [0.1, 0.15) is 13.8 Å². The van der Waals surface area contributed by atoms with Crippen LogP contribution in [0.2, 0.25) is 0 Å². The molecular formula is C13H14N2OS2. The SMILES string of the molecule is CC(C)Sc1ccc(Sc2ccc(O)nn2)cc1. The van der Waals surface area contributed by atoms with Gasteiger partial charge in [0, 0.05) is 21.1 Å². The van der Waals surface area contributed by atoms with Crippen LogP contribution in [0.15, 0.2) is 51.2 Å². The Morgan fingerprint density at radius 2 is 1.61 bits per heavy atom. The zero-order chi connectivity index (χ0) is 13.0. The van der Waals surface area contributed by atoms with Gasteiger partial charge in [0.15, 0.2) is 0 Å². The fourth-order valence-electron chi connectivity index (χ4n) is 1.35. The van der Waals surface area contributed by atoms with Gasteiger partial charge in [0.25, 0.3) is 0 Å². The third-order valence-electron chi connectivity index (χ3n) is 2.04. The van der Waals surface area contributed by atoms with Crippen molar-refractivity contribution in [2.45, 2.75) is 33.9 Å². The first kappa shape index (κ1) is 13.2. The van der Waals surface area contributed by atoms with E-state index in [1.54, 1.807) is 6.07 Å². The maximum Gasteiger partial charge on any atom is 0.230 e. The molecule has 3 nitrogen and oxygen atoms in total. The molecule has 0 aliphatic rings. The summed E-state index contributed by atoms with van der Waals surface area (Å²) in [6, 6.07) is 11.7. The minimum atomic E-state index is -0.0527. The summed E-state index contributed by atoms with van der Waals surface area (Å²) in [7, 11) is 0. The maximum atomic E-state index is 9.06. The molecule has 2 rings (SSSR count). The molecule has 0 unspecified atom stereocenters. The van der Waals surface area contributed by atoms with Crippen LogP contribution in [0.4, 0.5) is 0 Å². The molecule has 0 aliphatic carbocycles. The number of aromatic nitrogens is 2. The Kier molecular flexibility index (Phi) is 4.49. The molecule has 2 aromatic rings. The van der Waals surface area contributed by atoms with E-state index >= 15 is 0 Å². The summed E-state index contributed by atoms with van der Waals surface area (Å²) in [4.78, 5) is 2.38. The monoisotopic (exact) mass is 278 g/mol. The van der Waals surface area contributed by atoms with Crippen LogP contribution in [0, 0.1) is 0 Å². The van der Waals surface area contributed by atoms with Crippen LogP contribution < -0.4 is 0 Å². The molecule has 1 aromatic heterocycles. The normalized spacial score (nSPS) is 10.8. The second-order valence-electron chi connectivity index (χ2n) is 3.97. The van der Waals surface area contributed by atoms with Gasteiger partial charge in [-0.15, -0.1) is 22.0 Å². The zero-order valence-corrected chi connectivity index (χ0v) is 11.8. The molecule has 0 saturated heterocycles. The van der Waals surface area contributed by atoms with Crippen molar-refractivity contribution in [2.24, 2.45) is 0 Å². The predicted molar refractivity (Wildman–Crippen MR) is 75.3 cm³/mol. The Labute approximate surface area is 115 Å². The minimum absolute atomic E-state index is 0.0527. The lowest BCUT2D eigenvalue weighted by atomic mass is 10.4. The van der Waals surface area contributed by atoms with E-state index in [0.29, 0.717) is 5.25 Å². The molecule has 0 amide bonds. The first-order valence-electron chi connectivity index (χ1n) is 5.61. The number of hydrogen-bond donors (Lipinski definition) is 1. The molecule has 1 heterocycles. The number of aromatic hydroxyl groups is 1. The van der Waals surface area contributed by atoms with Gasteiger partial charge in [-0.25, -0.2) is 0 Å². The quantitative estimate of drug-likeness (QED) is 0.861. The van der Waals surface area contributed by atoms with Gasteiger partial charge in [0.2, 0.25) is 5.88 Å². The van der Waals surface area contributed by atoms with Gasteiger partial charge in [-0.2, -0.15) is 0 Å². The van der Waals surface area contributed by atoms with E-state index in [1.165, 1.54) is 22.7 Å². The Bertz CT molecular complexity index is 497. The van der Waals surface area contributed by atoms with Crippen molar-refractivity contribution >= 4 is 23.5 Å². The van der Waals surface area contributed by atoms with Crippen molar-refractivity contribution in [3.63, 3.8) is 0 Å². The lowest BCUT2D eigenvalue weighted by Gasteiger charge is -2.05. The van der Waals surface area contributed by atoms with E-state index in [0.717, 1.165) is 9.92 Å². The van der Waals surface area contributed by atoms with Gasteiger partial charge in [-0.1, -0.05) is 25.6 Å². The van der Waals surface area contributed by atoms with Crippen molar-refractivity contribution in [3.05, 3.63) is 36.4 Å². The first-order valence-corrected chi connectivity index (χ1v) is 7.30. The molecule has 0 radical (unpaired) electrons. The summed E-state index contributed by atoms with van der Waals surface area (Å²) in [5, 5.41) is 17.9. The topological polar surface area (TPSA) is 46.0 Å². The lowest BCUT2D eigenvalue weighted by molar-refractivity contribution is 0.442. The molecular weight excluding hydrogens is 264 g/mol. The second-order valence-corrected chi connectivity index (χ2v) is 6.71. The van der Waals surface area contributed by atoms with Crippen molar-refractivity contribution in [1.82, 2.24) is 10.2 Å². The Morgan fingerprint density at radius 1 is 0.944 bits per heavy atom. The van der Waals surface area contributed by atoms with Gasteiger partial charge in [-0.3, -0.25) is 0 Å². The molecule has 94 valence electrons. The molecule has 0 atom stereocenters. The molecule has 18 heavy (non-hydrogen) atoms. The molecule has 0 bridgehead atoms. The average Bonchev–Trinajstić information content (AvgIpc) is 2.34. The summed E-state index contributed by atoms with van der Waals surface area (Å²) < 4.78 is 0. The summed E-state index contributed by atoms with van der Waals surface area (Å²) in [5.74, 6) is -0.0527. The molecule has 0 aliphatic heterocycles. The van der Waals surface area contributed by atoms with E-state index in [1.807, 2.05) is 11.8 Å². The minimum Gasteiger partial charge on any atom is -0.492 e. The Balaban J connectivity index is 2.04. The van der Waals surface area contributed by atoms with E-state index < -0.39 is 0 Å².